The highest BCUT2D eigenvalue weighted by Gasteiger charge is 2.07. The third kappa shape index (κ3) is 5.60. The average Bonchev–Trinajstić information content (AvgIpc) is 3.02. The summed E-state index contributed by atoms with van der Waals surface area (Å²) in [4.78, 5) is 5.55. The second-order valence-corrected chi connectivity index (χ2v) is 6.67. The van der Waals surface area contributed by atoms with Crippen LogP contribution in [0.15, 0.2) is 40.7 Å². The van der Waals surface area contributed by atoms with Gasteiger partial charge in [0, 0.05) is 24.0 Å². The number of hydrogen-bond donors (Lipinski definition) is 2. The summed E-state index contributed by atoms with van der Waals surface area (Å²) in [6.07, 6.45) is 0.159. The van der Waals surface area contributed by atoms with Crippen molar-refractivity contribution in [1.82, 2.24) is 10.6 Å². The SMILES string of the molecule is CN=C(NCc1cccs1)NCc1ccc(C)cc1OC(C)C. The molecular weight excluding hydrogens is 306 g/mol. The molecule has 5 heteroatoms. The Balaban J connectivity index is 1.95. The lowest BCUT2D eigenvalue weighted by Gasteiger charge is -2.17. The zero-order valence-corrected chi connectivity index (χ0v) is 15.0. The summed E-state index contributed by atoms with van der Waals surface area (Å²) >= 11 is 1.74. The Morgan fingerprint density at radius 1 is 1.22 bits per heavy atom. The predicted molar refractivity (Wildman–Crippen MR) is 98.3 cm³/mol. The Bertz CT molecular complexity index is 636. The highest BCUT2D eigenvalue weighted by atomic mass is 32.1. The standard InChI is InChI=1S/C18H25N3OS/c1-13(2)22-17-10-14(3)7-8-15(17)11-20-18(19-4)21-12-16-6-5-9-23-16/h5-10,13H,11-12H2,1-4H3,(H2,19,20,21). The smallest absolute Gasteiger partial charge is 0.191 e. The number of aryl methyl sites for hydroxylation is 1. The van der Waals surface area contributed by atoms with E-state index in [1.807, 2.05) is 13.8 Å². The zero-order valence-electron chi connectivity index (χ0n) is 14.2. The van der Waals surface area contributed by atoms with Crippen LogP contribution in [0, 0.1) is 6.92 Å². The van der Waals surface area contributed by atoms with Gasteiger partial charge in [-0.05, 0) is 43.8 Å². The molecule has 0 atom stereocenters. The molecule has 0 bridgehead atoms. The summed E-state index contributed by atoms with van der Waals surface area (Å²) in [6, 6.07) is 10.5. The molecule has 0 amide bonds. The van der Waals surface area contributed by atoms with Gasteiger partial charge >= 0.3 is 0 Å². The van der Waals surface area contributed by atoms with E-state index in [1.54, 1.807) is 18.4 Å². The number of aliphatic imine (C=N–C) groups is 1. The van der Waals surface area contributed by atoms with E-state index >= 15 is 0 Å². The maximum Gasteiger partial charge on any atom is 0.191 e. The number of benzene rings is 1. The van der Waals surface area contributed by atoms with E-state index in [2.05, 4.69) is 58.3 Å². The van der Waals surface area contributed by atoms with E-state index in [0.29, 0.717) is 6.54 Å². The van der Waals surface area contributed by atoms with Crippen molar-refractivity contribution in [2.45, 2.75) is 40.0 Å². The lowest BCUT2D eigenvalue weighted by Crippen LogP contribution is -2.36. The molecule has 0 spiro atoms. The first kappa shape index (κ1) is 17.3. The fourth-order valence-corrected chi connectivity index (χ4v) is 2.80. The highest BCUT2D eigenvalue weighted by molar-refractivity contribution is 7.09. The fourth-order valence-electron chi connectivity index (χ4n) is 2.16. The van der Waals surface area contributed by atoms with Gasteiger partial charge in [-0.2, -0.15) is 0 Å². The number of nitrogens with zero attached hydrogens (tertiary/aromatic N) is 1. The van der Waals surface area contributed by atoms with Gasteiger partial charge in [-0.3, -0.25) is 4.99 Å². The first-order chi connectivity index (χ1) is 11.1. The van der Waals surface area contributed by atoms with Crippen LogP contribution in [0.5, 0.6) is 5.75 Å². The van der Waals surface area contributed by atoms with Crippen LogP contribution in [0.1, 0.15) is 29.9 Å². The minimum Gasteiger partial charge on any atom is -0.491 e. The van der Waals surface area contributed by atoms with Crippen LogP contribution in [0.4, 0.5) is 0 Å². The van der Waals surface area contributed by atoms with Gasteiger partial charge in [-0.25, -0.2) is 0 Å². The van der Waals surface area contributed by atoms with Gasteiger partial charge in [0.1, 0.15) is 5.75 Å². The highest BCUT2D eigenvalue weighted by Crippen LogP contribution is 2.21. The molecule has 2 N–H and O–H groups in total. The zero-order chi connectivity index (χ0) is 16.7. The van der Waals surface area contributed by atoms with Crippen molar-refractivity contribution < 1.29 is 4.74 Å². The molecule has 124 valence electrons. The molecule has 23 heavy (non-hydrogen) atoms. The molecule has 0 unspecified atom stereocenters. The van der Waals surface area contributed by atoms with E-state index in [4.69, 9.17) is 4.74 Å². The molecule has 4 nitrogen and oxygen atoms in total. The molecule has 2 aromatic rings. The van der Waals surface area contributed by atoms with Crippen LogP contribution in [-0.2, 0) is 13.1 Å². The summed E-state index contributed by atoms with van der Waals surface area (Å²) in [7, 11) is 1.78. The normalized spacial score (nSPS) is 11.6. The lowest BCUT2D eigenvalue weighted by atomic mass is 10.1. The van der Waals surface area contributed by atoms with E-state index in [0.717, 1.165) is 23.8 Å². The summed E-state index contributed by atoms with van der Waals surface area (Å²) in [5, 5.41) is 8.75. The molecule has 0 saturated carbocycles. The van der Waals surface area contributed by atoms with Crippen LogP contribution in [-0.4, -0.2) is 19.1 Å². The van der Waals surface area contributed by atoms with Gasteiger partial charge in [-0.1, -0.05) is 18.2 Å². The Labute approximate surface area is 142 Å². The Kier molecular flexibility index (Phi) is 6.47. The Hall–Kier alpha value is -2.01. The van der Waals surface area contributed by atoms with Crippen LogP contribution in [0.25, 0.3) is 0 Å². The third-order valence-electron chi connectivity index (χ3n) is 3.27. The van der Waals surface area contributed by atoms with Gasteiger partial charge in [0.25, 0.3) is 0 Å². The van der Waals surface area contributed by atoms with E-state index < -0.39 is 0 Å². The number of ether oxygens (including phenoxy) is 1. The Morgan fingerprint density at radius 3 is 2.65 bits per heavy atom. The summed E-state index contributed by atoms with van der Waals surface area (Å²) in [5.41, 5.74) is 2.33. The molecule has 1 aromatic heterocycles. The van der Waals surface area contributed by atoms with Crippen LogP contribution in [0.3, 0.4) is 0 Å². The van der Waals surface area contributed by atoms with Gasteiger partial charge < -0.3 is 15.4 Å². The van der Waals surface area contributed by atoms with E-state index in [1.165, 1.54) is 10.4 Å². The van der Waals surface area contributed by atoms with Gasteiger partial charge in [0.2, 0.25) is 0 Å². The molecule has 0 aliphatic carbocycles. The topological polar surface area (TPSA) is 45.7 Å². The van der Waals surface area contributed by atoms with Crippen molar-refractivity contribution in [3.8, 4) is 5.75 Å². The lowest BCUT2D eigenvalue weighted by molar-refractivity contribution is 0.239. The quantitative estimate of drug-likeness (QED) is 0.626. The summed E-state index contributed by atoms with van der Waals surface area (Å²) < 4.78 is 5.91. The van der Waals surface area contributed by atoms with Gasteiger partial charge in [-0.15, -0.1) is 11.3 Å². The van der Waals surface area contributed by atoms with Crippen molar-refractivity contribution in [1.29, 1.82) is 0 Å². The Morgan fingerprint density at radius 2 is 2.00 bits per heavy atom. The van der Waals surface area contributed by atoms with E-state index in [9.17, 15) is 0 Å². The van der Waals surface area contributed by atoms with Gasteiger partial charge in [0.15, 0.2) is 5.96 Å². The molecule has 0 aliphatic rings. The molecule has 2 rings (SSSR count). The first-order valence-electron chi connectivity index (χ1n) is 7.81. The number of guanidine groups is 1. The maximum absolute atomic E-state index is 5.91. The molecule has 0 radical (unpaired) electrons. The summed E-state index contributed by atoms with van der Waals surface area (Å²) in [6.45, 7) is 7.61. The average molecular weight is 331 g/mol. The van der Waals surface area contributed by atoms with E-state index in [-0.39, 0.29) is 6.10 Å². The first-order valence-corrected chi connectivity index (χ1v) is 8.69. The van der Waals surface area contributed by atoms with Crippen LogP contribution < -0.4 is 15.4 Å². The second kappa shape index (κ2) is 8.58. The van der Waals surface area contributed by atoms with Crippen LogP contribution >= 0.6 is 11.3 Å². The van der Waals surface area contributed by atoms with Crippen LogP contribution in [0.2, 0.25) is 0 Å². The number of nitrogens with one attached hydrogen (secondary N) is 2. The molecule has 0 saturated heterocycles. The number of hydrogen-bond acceptors (Lipinski definition) is 3. The predicted octanol–water partition coefficient (Wildman–Crippen LogP) is 3.71. The minimum absolute atomic E-state index is 0.159. The molecule has 1 aromatic carbocycles. The molecule has 0 aliphatic heterocycles. The van der Waals surface area contributed by atoms with Gasteiger partial charge in [0.05, 0.1) is 12.6 Å². The molecular formula is C18H25N3OS. The van der Waals surface area contributed by atoms with Crippen molar-refractivity contribution in [2.24, 2.45) is 4.99 Å². The minimum atomic E-state index is 0.159. The number of rotatable bonds is 6. The molecule has 0 fully saturated rings. The van der Waals surface area contributed by atoms with Crippen molar-refractivity contribution in [3.63, 3.8) is 0 Å². The maximum atomic E-state index is 5.91. The van der Waals surface area contributed by atoms with Crippen molar-refractivity contribution >= 4 is 17.3 Å². The second-order valence-electron chi connectivity index (χ2n) is 5.64. The molecule has 1 heterocycles. The largest absolute Gasteiger partial charge is 0.491 e. The number of thiophene rings is 1. The third-order valence-corrected chi connectivity index (χ3v) is 4.14. The van der Waals surface area contributed by atoms with Crippen molar-refractivity contribution in [2.75, 3.05) is 7.05 Å². The van der Waals surface area contributed by atoms with Crippen molar-refractivity contribution in [3.05, 3.63) is 51.7 Å². The summed E-state index contributed by atoms with van der Waals surface area (Å²) in [5.74, 6) is 1.72. The monoisotopic (exact) mass is 331 g/mol. The fraction of sp³-hybridized carbons (Fsp3) is 0.389.